The summed E-state index contributed by atoms with van der Waals surface area (Å²) in [5.41, 5.74) is 2.11. The third-order valence-electron chi connectivity index (χ3n) is 3.63. The number of rotatable bonds is 6. The highest BCUT2D eigenvalue weighted by molar-refractivity contribution is 7.99. The van der Waals surface area contributed by atoms with Crippen LogP contribution < -0.4 is 5.32 Å². The van der Waals surface area contributed by atoms with Gasteiger partial charge in [0, 0.05) is 11.3 Å². The molecule has 5 heteroatoms. The van der Waals surface area contributed by atoms with Crippen LogP contribution in [0.3, 0.4) is 0 Å². The maximum Gasteiger partial charge on any atom is 0.243 e. The van der Waals surface area contributed by atoms with Gasteiger partial charge in [-0.15, -0.1) is 5.10 Å². The van der Waals surface area contributed by atoms with Crippen LogP contribution in [0.2, 0.25) is 0 Å². The molecule has 2 atom stereocenters. The van der Waals surface area contributed by atoms with Gasteiger partial charge < -0.3 is 5.32 Å². The molecule has 1 saturated carbocycles. The van der Waals surface area contributed by atoms with E-state index < -0.39 is 0 Å². The molecule has 0 amide bonds. The fourth-order valence-electron chi connectivity index (χ4n) is 2.64. The van der Waals surface area contributed by atoms with E-state index in [1.54, 1.807) is 0 Å². The molecule has 2 unspecified atom stereocenters. The first-order valence-electron chi connectivity index (χ1n) is 7.37. The molecule has 2 rings (SSSR count). The van der Waals surface area contributed by atoms with Gasteiger partial charge in [-0.3, -0.25) is 0 Å². The van der Waals surface area contributed by atoms with E-state index in [4.69, 9.17) is 0 Å². The van der Waals surface area contributed by atoms with Crippen LogP contribution in [0, 0.1) is 0 Å². The summed E-state index contributed by atoms with van der Waals surface area (Å²) in [6, 6.07) is 0.517. The Labute approximate surface area is 120 Å². The van der Waals surface area contributed by atoms with Crippen molar-refractivity contribution in [2.75, 3.05) is 11.1 Å². The lowest BCUT2D eigenvalue weighted by atomic mass is 10.2. The fraction of sp³-hybridized carbons (Fsp3) is 0.786. The van der Waals surface area contributed by atoms with Crippen LogP contribution in [-0.2, 0) is 12.8 Å². The SMILES string of the molecule is CCSC1CCC(Nc2nnc(CC)c(CC)n2)C1. The Hall–Kier alpha value is -0.840. The molecule has 0 radical (unpaired) electrons. The lowest BCUT2D eigenvalue weighted by molar-refractivity contribution is 0.727. The Morgan fingerprint density at radius 3 is 2.58 bits per heavy atom. The van der Waals surface area contributed by atoms with Crippen LogP contribution in [0.25, 0.3) is 0 Å². The van der Waals surface area contributed by atoms with Crippen molar-refractivity contribution in [3.63, 3.8) is 0 Å². The van der Waals surface area contributed by atoms with E-state index in [2.05, 4.69) is 53.0 Å². The summed E-state index contributed by atoms with van der Waals surface area (Å²) in [4.78, 5) is 4.61. The number of aryl methyl sites for hydroxylation is 2. The molecule has 1 aliphatic carbocycles. The van der Waals surface area contributed by atoms with Gasteiger partial charge in [-0.2, -0.15) is 16.9 Å². The van der Waals surface area contributed by atoms with Crippen LogP contribution >= 0.6 is 11.8 Å². The Balaban J connectivity index is 1.96. The first-order chi connectivity index (χ1) is 9.26. The van der Waals surface area contributed by atoms with E-state index in [-0.39, 0.29) is 0 Å². The van der Waals surface area contributed by atoms with Gasteiger partial charge in [-0.1, -0.05) is 20.8 Å². The Bertz CT molecular complexity index is 410. The predicted octanol–water partition coefficient (Wildman–Crippen LogP) is 3.08. The number of thioether (sulfide) groups is 1. The third-order valence-corrected chi connectivity index (χ3v) is 4.86. The van der Waals surface area contributed by atoms with E-state index in [1.165, 1.54) is 25.0 Å². The first kappa shape index (κ1) is 14.6. The zero-order valence-electron chi connectivity index (χ0n) is 12.1. The van der Waals surface area contributed by atoms with E-state index in [0.29, 0.717) is 12.0 Å². The third kappa shape index (κ3) is 3.81. The summed E-state index contributed by atoms with van der Waals surface area (Å²) in [7, 11) is 0. The Morgan fingerprint density at radius 2 is 1.89 bits per heavy atom. The van der Waals surface area contributed by atoms with Crippen molar-refractivity contribution in [1.29, 1.82) is 0 Å². The quantitative estimate of drug-likeness (QED) is 0.868. The van der Waals surface area contributed by atoms with Crippen LogP contribution in [-0.4, -0.2) is 32.2 Å². The standard InChI is InChI=1S/C14H24N4S/c1-4-12-13(5-2)17-18-14(16-12)15-10-7-8-11(9-10)19-6-3/h10-11H,4-9H2,1-3H3,(H,15,16,18). The number of nitrogens with zero attached hydrogens (tertiary/aromatic N) is 3. The minimum absolute atomic E-state index is 0.517. The summed E-state index contributed by atoms with van der Waals surface area (Å²) in [5, 5.41) is 12.8. The van der Waals surface area contributed by atoms with Crippen LogP contribution in [0.1, 0.15) is 51.4 Å². The van der Waals surface area contributed by atoms with Gasteiger partial charge in [0.1, 0.15) is 0 Å². The van der Waals surface area contributed by atoms with Crippen molar-refractivity contribution >= 4 is 17.7 Å². The van der Waals surface area contributed by atoms with Gasteiger partial charge in [0.2, 0.25) is 5.95 Å². The molecule has 0 aromatic carbocycles. The molecular weight excluding hydrogens is 256 g/mol. The number of aromatic nitrogens is 3. The zero-order valence-corrected chi connectivity index (χ0v) is 13.0. The maximum atomic E-state index is 4.61. The van der Waals surface area contributed by atoms with Gasteiger partial charge in [-0.25, -0.2) is 4.98 Å². The lowest BCUT2D eigenvalue weighted by Crippen LogP contribution is -2.19. The zero-order chi connectivity index (χ0) is 13.7. The summed E-state index contributed by atoms with van der Waals surface area (Å²) < 4.78 is 0. The first-order valence-corrected chi connectivity index (χ1v) is 8.42. The molecule has 4 nitrogen and oxygen atoms in total. The van der Waals surface area contributed by atoms with Crippen molar-refractivity contribution in [2.45, 2.75) is 64.2 Å². The number of hydrogen-bond donors (Lipinski definition) is 1. The number of hydrogen-bond acceptors (Lipinski definition) is 5. The van der Waals surface area contributed by atoms with E-state index in [9.17, 15) is 0 Å². The summed E-state index contributed by atoms with van der Waals surface area (Å²) in [6.07, 6.45) is 5.57. The van der Waals surface area contributed by atoms with Crippen LogP contribution in [0.5, 0.6) is 0 Å². The van der Waals surface area contributed by atoms with Gasteiger partial charge in [0.15, 0.2) is 0 Å². The van der Waals surface area contributed by atoms with E-state index in [1.807, 2.05) is 0 Å². The minimum Gasteiger partial charge on any atom is -0.350 e. The molecule has 0 bridgehead atoms. The Kier molecular flexibility index (Phi) is 5.43. The maximum absolute atomic E-state index is 4.61. The summed E-state index contributed by atoms with van der Waals surface area (Å²) in [6.45, 7) is 6.45. The monoisotopic (exact) mass is 280 g/mol. The Morgan fingerprint density at radius 1 is 1.11 bits per heavy atom. The highest BCUT2D eigenvalue weighted by Gasteiger charge is 2.25. The molecule has 0 aliphatic heterocycles. The fourth-order valence-corrected chi connectivity index (χ4v) is 3.78. The van der Waals surface area contributed by atoms with Crippen molar-refractivity contribution < 1.29 is 0 Å². The summed E-state index contributed by atoms with van der Waals surface area (Å²) >= 11 is 2.07. The minimum atomic E-state index is 0.517. The van der Waals surface area contributed by atoms with Crippen LogP contribution in [0.15, 0.2) is 0 Å². The molecular formula is C14H24N4S. The van der Waals surface area contributed by atoms with Crippen LogP contribution in [0.4, 0.5) is 5.95 Å². The molecule has 106 valence electrons. The second-order valence-corrected chi connectivity index (χ2v) is 6.54. The normalized spacial score (nSPS) is 22.7. The molecule has 0 spiro atoms. The number of anilines is 1. The van der Waals surface area contributed by atoms with E-state index >= 15 is 0 Å². The van der Waals surface area contributed by atoms with Gasteiger partial charge in [-0.05, 0) is 37.9 Å². The second-order valence-electron chi connectivity index (χ2n) is 4.97. The largest absolute Gasteiger partial charge is 0.350 e. The lowest BCUT2D eigenvalue weighted by Gasteiger charge is -2.13. The highest BCUT2D eigenvalue weighted by Crippen LogP contribution is 2.30. The van der Waals surface area contributed by atoms with Gasteiger partial charge in [0.25, 0.3) is 0 Å². The molecule has 1 aromatic heterocycles. The predicted molar refractivity (Wildman–Crippen MR) is 81.8 cm³/mol. The topological polar surface area (TPSA) is 50.7 Å². The molecule has 1 aromatic rings. The van der Waals surface area contributed by atoms with Crippen molar-refractivity contribution in [2.24, 2.45) is 0 Å². The second kappa shape index (κ2) is 7.08. The van der Waals surface area contributed by atoms with Gasteiger partial charge >= 0.3 is 0 Å². The van der Waals surface area contributed by atoms with Gasteiger partial charge in [0.05, 0.1) is 11.4 Å². The molecule has 1 fully saturated rings. The van der Waals surface area contributed by atoms with Crippen molar-refractivity contribution in [1.82, 2.24) is 15.2 Å². The molecule has 1 heterocycles. The molecule has 0 saturated heterocycles. The smallest absolute Gasteiger partial charge is 0.243 e. The molecule has 1 N–H and O–H groups in total. The summed E-state index contributed by atoms with van der Waals surface area (Å²) in [5.74, 6) is 1.92. The molecule has 19 heavy (non-hydrogen) atoms. The van der Waals surface area contributed by atoms with Crippen molar-refractivity contribution in [3.05, 3.63) is 11.4 Å². The average molecular weight is 280 g/mol. The highest BCUT2D eigenvalue weighted by atomic mass is 32.2. The number of nitrogens with one attached hydrogen (secondary N) is 1. The van der Waals surface area contributed by atoms with Crippen molar-refractivity contribution in [3.8, 4) is 0 Å². The average Bonchev–Trinajstić information content (AvgIpc) is 2.86. The molecule has 1 aliphatic rings. The van der Waals surface area contributed by atoms with E-state index in [0.717, 1.165) is 29.5 Å².